The summed E-state index contributed by atoms with van der Waals surface area (Å²) in [6.07, 6.45) is 9.73. The molecule has 0 bridgehead atoms. The van der Waals surface area contributed by atoms with Crippen molar-refractivity contribution in [1.82, 2.24) is 14.8 Å². The minimum Gasteiger partial charge on any atom is -0.472 e. The van der Waals surface area contributed by atoms with Crippen molar-refractivity contribution in [2.45, 2.75) is 37.8 Å². The number of amides is 2. The van der Waals surface area contributed by atoms with E-state index in [1.165, 1.54) is 12.5 Å². The average Bonchev–Trinajstić information content (AvgIpc) is 3.27. The van der Waals surface area contributed by atoms with Gasteiger partial charge in [0.15, 0.2) is 0 Å². The number of aromatic nitrogens is 1. The summed E-state index contributed by atoms with van der Waals surface area (Å²) >= 11 is 0. The molecule has 2 aromatic rings. The van der Waals surface area contributed by atoms with E-state index < -0.39 is 0 Å². The number of hydrogen-bond acceptors (Lipinski definition) is 4. The van der Waals surface area contributed by atoms with Gasteiger partial charge in [-0.25, -0.2) is 0 Å². The summed E-state index contributed by atoms with van der Waals surface area (Å²) in [4.78, 5) is 33.2. The molecule has 1 atom stereocenters. The molecule has 2 aliphatic rings. The Morgan fingerprint density at radius 3 is 3.00 bits per heavy atom. The lowest BCUT2D eigenvalue weighted by Crippen LogP contribution is -2.57. The van der Waals surface area contributed by atoms with Gasteiger partial charge in [0.1, 0.15) is 6.26 Å². The van der Waals surface area contributed by atoms with Crippen molar-refractivity contribution in [2.75, 3.05) is 13.1 Å². The normalized spacial score (nSPS) is 23.4. The van der Waals surface area contributed by atoms with E-state index in [9.17, 15) is 9.59 Å². The molecule has 1 spiro atoms. The van der Waals surface area contributed by atoms with Crippen molar-refractivity contribution in [2.24, 2.45) is 0 Å². The number of hydrogen-bond donors (Lipinski definition) is 0. The molecule has 0 aromatic carbocycles. The van der Waals surface area contributed by atoms with Crippen LogP contribution in [0.2, 0.25) is 0 Å². The summed E-state index contributed by atoms with van der Waals surface area (Å²) in [6.45, 7) is 1.87. The number of pyridine rings is 1. The Hall–Kier alpha value is -2.63. The first kappa shape index (κ1) is 15.9. The SMILES string of the molecule is O=C(c1ccoc1)N1CCC[C@]2(CCC(=O)N2Cc2cccnc2)C1. The topological polar surface area (TPSA) is 66.7 Å². The van der Waals surface area contributed by atoms with Crippen LogP contribution in [0.3, 0.4) is 0 Å². The molecule has 0 radical (unpaired) electrons. The minimum absolute atomic E-state index is 0.0199. The average molecular weight is 339 g/mol. The third kappa shape index (κ3) is 2.92. The van der Waals surface area contributed by atoms with Crippen LogP contribution in [0, 0.1) is 0 Å². The minimum atomic E-state index is -0.259. The van der Waals surface area contributed by atoms with E-state index in [0.717, 1.165) is 31.4 Å². The predicted molar refractivity (Wildman–Crippen MR) is 90.6 cm³/mol. The number of furan rings is 1. The molecule has 6 nitrogen and oxygen atoms in total. The van der Waals surface area contributed by atoms with Crippen LogP contribution in [0.25, 0.3) is 0 Å². The molecule has 6 heteroatoms. The quantitative estimate of drug-likeness (QED) is 0.861. The molecule has 0 aliphatic carbocycles. The van der Waals surface area contributed by atoms with Crippen LogP contribution in [-0.4, -0.2) is 45.2 Å². The Morgan fingerprint density at radius 2 is 2.24 bits per heavy atom. The highest BCUT2D eigenvalue weighted by Crippen LogP contribution is 2.39. The molecule has 0 saturated carbocycles. The van der Waals surface area contributed by atoms with Crippen molar-refractivity contribution in [3.8, 4) is 0 Å². The monoisotopic (exact) mass is 339 g/mol. The fourth-order valence-electron chi connectivity index (χ4n) is 4.08. The zero-order valence-corrected chi connectivity index (χ0v) is 14.1. The van der Waals surface area contributed by atoms with Gasteiger partial charge in [-0.05, 0) is 37.0 Å². The number of likely N-dealkylation sites (tertiary alicyclic amines) is 2. The Bertz CT molecular complexity index is 759. The highest BCUT2D eigenvalue weighted by Gasteiger charge is 2.48. The third-order valence-corrected chi connectivity index (χ3v) is 5.35. The van der Waals surface area contributed by atoms with Crippen molar-refractivity contribution in [1.29, 1.82) is 0 Å². The maximum atomic E-state index is 12.7. The van der Waals surface area contributed by atoms with E-state index in [-0.39, 0.29) is 17.4 Å². The van der Waals surface area contributed by atoms with Gasteiger partial charge in [-0.1, -0.05) is 6.07 Å². The Balaban J connectivity index is 1.56. The standard InChI is InChI=1S/C19H21N3O3/c23-17-4-7-19(22(17)12-15-3-1-8-20-11-15)6-2-9-21(14-19)18(24)16-5-10-25-13-16/h1,3,5,8,10-11,13H,2,4,6-7,9,12,14H2/t19-/m0/s1. The van der Waals surface area contributed by atoms with Gasteiger partial charge >= 0.3 is 0 Å². The van der Waals surface area contributed by atoms with Crippen LogP contribution < -0.4 is 0 Å². The molecule has 2 aliphatic heterocycles. The molecule has 130 valence electrons. The second kappa shape index (κ2) is 6.35. The van der Waals surface area contributed by atoms with E-state index in [4.69, 9.17) is 4.42 Å². The Kier molecular flexibility index (Phi) is 4.03. The van der Waals surface area contributed by atoms with Crippen molar-refractivity contribution in [3.63, 3.8) is 0 Å². The highest BCUT2D eigenvalue weighted by atomic mass is 16.3. The second-order valence-electron chi connectivity index (χ2n) is 6.91. The molecule has 0 N–H and O–H groups in total. The van der Waals surface area contributed by atoms with Crippen LogP contribution in [-0.2, 0) is 11.3 Å². The van der Waals surface area contributed by atoms with Crippen LogP contribution in [0.1, 0.15) is 41.6 Å². The van der Waals surface area contributed by atoms with Crippen LogP contribution in [0.5, 0.6) is 0 Å². The lowest BCUT2D eigenvalue weighted by molar-refractivity contribution is -0.133. The van der Waals surface area contributed by atoms with Crippen LogP contribution in [0.15, 0.2) is 47.5 Å². The zero-order valence-electron chi connectivity index (χ0n) is 14.1. The Morgan fingerprint density at radius 1 is 1.32 bits per heavy atom. The van der Waals surface area contributed by atoms with Crippen molar-refractivity contribution >= 4 is 11.8 Å². The molecule has 4 heterocycles. The zero-order chi connectivity index (χ0) is 17.3. The molecular weight excluding hydrogens is 318 g/mol. The fraction of sp³-hybridized carbons (Fsp3) is 0.421. The fourth-order valence-corrected chi connectivity index (χ4v) is 4.08. The highest BCUT2D eigenvalue weighted by molar-refractivity contribution is 5.94. The summed E-state index contributed by atoms with van der Waals surface area (Å²) in [6, 6.07) is 5.57. The van der Waals surface area contributed by atoms with Gasteiger partial charge in [-0.2, -0.15) is 0 Å². The first-order valence-electron chi connectivity index (χ1n) is 8.69. The molecule has 2 saturated heterocycles. The molecule has 2 aromatic heterocycles. The number of carbonyl (C=O) groups is 2. The van der Waals surface area contributed by atoms with E-state index in [0.29, 0.717) is 25.1 Å². The number of piperidine rings is 1. The lowest BCUT2D eigenvalue weighted by atomic mass is 9.86. The van der Waals surface area contributed by atoms with E-state index in [1.807, 2.05) is 21.9 Å². The maximum absolute atomic E-state index is 12.7. The second-order valence-corrected chi connectivity index (χ2v) is 6.91. The van der Waals surface area contributed by atoms with Crippen LogP contribution >= 0.6 is 0 Å². The van der Waals surface area contributed by atoms with Crippen molar-refractivity contribution in [3.05, 3.63) is 54.2 Å². The largest absolute Gasteiger partial charge is 0.472 e. The smallest absolute Gasteiger partial charge is 0.257 e. The maximum Gasteiger partial charge on any atom is 0.257 e. The van der Waals surface area contributed by atoms with Crippen LogP contribution in [0.4, 0.5) is 0 Å². The summed E-state index contributed by atoms with van der Waals surface area (Å²) in [5.74, 6) is 0.148. The summed E-state index contributed by atoms with van der Waals surface area (Å²) in [7, 11) is 0. The summed E-state index contributed by atoms with van der Waals surface area (Å²) in [5.41, 5.74) is 1.33. The first-order chi connectivity index (χ1) is 12.2. The van der Waals surface area contributed by atoms with Gasteiger partial charge in [0.25, 0.3) is 5.91 Å². The molecule has 0 unspecified atom stereocenters. The third-order valence-electron chi connectivity index (χ3n) is 5.35. The predicted octanol–water partition coefficient (Wildman–Crippen LogP) is 2.47. The Labute approximate surface area is 146 Å². The van der Waals surface area contributed by atoms with Gasteiger partial charge in [0, 0.05) is 38.4 Å². The van der Waals surface area contributed by atoms with Gasteiger partial charge < -0.3 is 14.2 Å². The number of rotatable bonds is 3. The first-order valence-corrected chi connectivity index (χ1v) is 8.69. The van der Waals surface area contributed by atoms with E-state index in [1.54, 1.807) is 18.5 Å². The van der Waals surface area contributed by atoms with Gasteiger partial charge in [0.05, 0.1) is 17.4 Å². The summed E-state index contributed by atoms with van der Waals surface area (Å²) in [5, 5.41) is 0. The molecule has 2 fully saturated rings. The van der Waals surface area contributed by atoms with Crippen molar-refractivity contribution < 1.29 is 14.0 Å². The van der Waals surface area contributed by atoms with E-state index >= 15 is 0 Å². The molecule has 25 heavy (non-hydrogen) atoms. The lowest BCUT2D eigenvalue weighted by Gasteiger charge is -2.46. The van der Waals surface area contributed by atoms with Gasteiger partial charge in [-0.15, -0.1) is 0 Å². The van der Waals surface area contributed by atoms with Gasteiger partial charge in [0.2, 0.25) is 5.91 Å². The number of carbonyl (C=O) groups excluding carboxylic acids is 2. The number of nitrogens with zero attached hydrogens (tertiary/aromatic N) is 3. The van der Waals surface area contributed by atoms with E-state index in [2.05, 4.69) is 4.98 Å². The summed E-state index contributed by atoms with van der Waals surface area (Å²) < 4.78 is 5.04. The molecule has 4 rings (SSSR count). The molecule has 2 amide bonds. The molecular formula is C19H21N3O3. The van der Waals surface area contributed by atoms with Gasteiger partial charge in [-0.3, -0.25) is 14.6 Å².